The zero-order valence-corrected chi connectivity index (χ0v) is 26.5. The molecular weight excluding hydrogens is 542 g/mol. The Morgan fingerprint density at radius 3 is 2.11 bits per heavy atom. The highest BCUT2D eigenvalue weighted by Gasteiger charge is 2.45. The minimum absolute atomic E-state index is 0.139. The zero-order chi connectivity index (χ0) is 30.7. The maximum Gasteiger partial charge on any atom is 0.132 e. The lowest BCUT2D eigenvalue weighted by Gasteiger charge is -2.44. The second-order valence-corrected chi connectivity index (χ2v) is 13.4. The van der Waals surface area contributed by atoms with Crippen LogP contribution in [0.5, 0.6) is 5.75 Å². The van der Waals surface area contributed by atoms with E-state index < -0.39 is 5.60 Å². The van der Waals surface area contributed by atoms with E-state index in [1.165, 1.54) is 21.9 Å². The lowest BCUT2D eigenvalue weighted by Crippen LogP contribution is -2.50. The molecule has 1 heterocycles. The molecule has 44 heavy (non-hydrogen) atoms. The van der Waals surface area contributed by atoms with E-state index in [0.717, 1.165) is 34.7 Å². The molecule has 0 aliphatic carbocycles. The SMILES string of the molecule is CC(C)(C)c1ccc(CNc2ccc3c(c2)C(OCc2ccccc2)C(OCc2ccc4ccccc4c2)C(C)(C)O3)cc1. The van der Waals surface area contributed by atoms with Crippen molar-refractivity contribution in [1.82, 2.24) is 0 Å². The number of hydrogen-bond donors (Lipinski definition) is 1. The van der Waals surface area contributed by atoms with Gasteiger partial charge in [0.15, 0.2) is 0 Å². The minimum Gasteiger partial charge on any atom is -0.485 e. The van der Waals surface area contributed by atoms with Gasteiger partial charge in [-0.1, -0.05) is 112 Å². The standard InChI is InChI=1S/C40H43NO3/c1-39(2,3)33-19-16-28(17-20-33)25-41-34-21-22-36-35(24-34)37(42-26-29-11-7-6-8-12-29)38(40(4,5)44-36)43-27-30-15-18-31-13-9-10-14-32(31)23-30/h6-24,37-38,41H,25-27H2,1-5H3. The van der Waals surface area contributed by atoms with Crippen molar-refractivity contribution in [3.63, 3.8) is 0 Å². The first-order valence-corrected chi connectivity index (χ1v) is 15.6. The number of ether oxygens (including phenoxy) is 3. The Morgan fingerprint density at radius 1 is 0.682 bits per heavy atom. The zero-order valence-electron chi connectivity index (χ0n) is 26.5. The molecule has 6 rings (SSSR count). The van der Waals surface area contributed by atoms with Crippen molar-refractivity contribution < 1.29 is 14.2 Å². The number of nitrogens with one attached hydrogen (secondary N) is 1. The highest BCUT2D eigenvalue weighted by Crippen LogP contribution is 2.45. The van der Waals surface area contributed by atoms with Crippen molar-refractivity contribution in [1.29, 1.82) is 0 Å². The highest BCUT2D eigenvalue weighted by molar-refractivity contribution is 5.82. The number of fused-ring (bicyclic) bond motifs is 2. The molecule has 0 spiro atoms. The second-order valence-electron chi connectivity index (χ2n) is 13.4. The molecule has 5 aromatic carbocycles. The molecule has 4 heteroatoms. The fourth-order valence-electron chi connectivity index (χ4n) is 5.91. The Labute approximate surface area is 262 Å². The molecule has 1 aliphatic rings. The molecule has 2 atom stereocenters. The molecule has 1 aliphatic heterocycles. The fourth-order valence-corrected chi connectivity index (χ4v) is 5.91. The summed E-state index contributed by atoms with van der Waals surface area (Å²) in [5.41, 5.74) is 6.38. The van der Waals surface area contributed by atoms with Crippen molar-refractivity contribution in [2.24, 2.45) is 0 Å². The molecule has 0 saturated heterocycles. The van der Waals surface area contributed by atoms with E-state index in [0.29, 0.717) is 13.2 Å². The summed E-state index contributed by atoms with van der Waals surface area (Å²) in [5.74, 6) is 0.832. The van der Waals surface area contributed by atoms with E-state index in [1.54, 1.807) is 0 Å². The van der Waals surface area contributed by atoms with Gasteiger partial charge in [0.2, 0.25) is 0 Å². The predicted molar refractivity (Wildman–Crippen MR) is 180 cm³/mol. The van der Waals surface area contributed by atoms with Crippen LogP contribution in [-0.2, 0) is 34.6 Å². The molecule has 5 aromatic rings. The Morgan fingerprint density at radius 2 is 1.36 bits per heavy atom. The van der Waals surface area contributed by atoms with Crippen LogP contribution in [0.4, 0.5) is 5.69 Å². The van der Waals surface area contributed by atoms with E-state index in [4.69, 9.17) is 14.2 Å². The van der Waals surface area contributed by atoms with E-state index in [1.807, 2.05) is 18.2 Å². The summed E-state index contributed by atoms with van der Waals surface area (Å²) in [6, 6.07) is 40.4. The average Bonchev–Trinajstić information content (AvgIpc) is 3.02. The first-order valence-electron chi connectivity index (χ1n) is 15.6. The summed E-state index contributed by atoms with van der Waals surface area (Å²) >= 11 is 0. The van der Waals surface area contributed by atoms with Crippen LogP contribution in [0, 0.1) is 0 Å². The van der Waals surface area contributed by atoms with Gasteiger partial charge in [-0.15, -0.1) is 0 Å². The fraction of sp³-hybridized carbons (Fsp3) is 0.300. The van der Waals surface area contributed by atoms with Gasteiger partial charge >= 0.3 is 0 Å². The van der Waals surface area contributed by atoms with E-state index in [2.05, 4.69) is 137 Å². The van der Waals surface area contributed by atoms with Gasteiger partial charge in [-0.2, -0.15) is 0 Å². The van der Waals surface area contributed by atoms with Gasteiger partial charge in [0.25, 0.3) is 0 Å². The van der Waals surface area contributed by atoms with Crippen molar-refractivity contribution in [3.05, 3.63) is 143 Å². The lowest BCUT2D eigenvalue weighted by molar-refractivity contribution is -0.170. The number of benzene rings is 5. The maximum atomic E-state index is 6.73. The molecule has 2 unspecified atom stereocenters. The molecule has 0 aromatic heterocycles. The first-order chi connectivity index (χ1) is 21.2. The second kappa shape index (κ2) is 12.5. The third-order valence-corrected chi connectivity index (χ3v) is 8.48. The van der Waals surface area contributed by atoms with Crippen LogP contribution in [0.3, 0.4) is 0 Å². The van der Waals surface area contributed by atoms with Gasteiger partial charge in [-0.3, -0.25) is 0 Å². The van der Waals surface area contributed by atoms with Crippen molar-refractivity contribution in [2.75, 3.05) is 5.32 Å². The van der Waals surface area contributed by atoms with Gasteiger partial charge in [0, 0.05) is 17.8 Å². The van der Waals surface area contributed by atoms with Gasteiger partial charge in [-0.05, 0) is 76.6 Å². The quantitative estimate of drug-likeness (QED) is 0.187. The molecule has 0 amide bonds. The van der Waals surface area contributed by atoms with Crippen molar-refractivity contribution in [3.8, 4) is 5.75 Å². The van der Waals surface area contributed by atoms with Gasteiger partial charge < -0.3 is 19.5 Å². The summed E-state index contributed by atoms with van der Waals surface area (Å²) in [7, 11) is 0. The molecule has 1 N–H and O–H groups in total. The normalized spacial score (nSPS) is 17.6. The third-order valence-electron chi connectivity index (χ3n) is 8.48. The topological polar surface area (TPSA) is 39.7 Å². The van der Waals surface area contributed by atoms with E-state index in [9.17, 15) is 0 Å². The van der Waals surface area contributed by atoms with Crippen LogP contribution >= 0.6 is 0 Å². The van der Waals surface area contributed by atoms with Crippen LogP contribution in [0.25, 0.3) is 10.8 Å². The van der Waals surface area contributed by atoms with Gasteiger partial charge in [-0.25, -0.2) is 0 Å². The lowest BCUT2D eigenvalue weighted by atomic mass is 9.87. The van der Waals surface area contributed by atoms with Crippen LogP contribution < -0.4 is 10.1 Å². The third kappa shape index (κ3) is 6.83. The monoisotopic (exact) mass is 585 g/mol. The van der Waals surface area contributed by atoms with Crippen molar-refractivity contribution in [2.45, 2.75) is 77.6 Å². The number of hydrogen-bond acceptors (Lipinski definition) is 4. The summed E-state index contributed by atoms with van der Waals surface area (Å²) in [4.78, 5) is 0. The Hall–Kier alpha value is -4.12. The molecule has 4 nitrogen and oxygen atoms in total. The van der Waals surface area contributed by atoms with Crippen LogP contribution in [0.2, 0.25) is 0 Å². The Balaban J connectivity index is 1.25. The minimum atomic E-state index is -0.602. The van der Waals surface area contributed by atoms with E-state index in [-0.39, 0.29) is 17.6 Å². The van der Waals surface area contributed by atoms with Gasteiger partial charge in [0.1, 0.15) is 23.6 Å². The van der Waals surface area contributed by atoms with Gasteiger partial charge in [0.05, 0.1) is 13.2 Å². The molecular formula is C40H43NO3. The average molecular weight is 586 g/mol. The smallest absolute Gasteiger partial charge is 0.132 e. The largest absolute Gasteiger partial charge is 0.485 e. The van der Waals surface area contributed by atoms with Crippen LogP contribution in [0.15, 0.2) is 115 Å². The molecule has 0 bridgehead atoms. The molecule has 226 valence electrons. The number of anilines is 1. The molecule has 0 fully saturated rings. The highest BCUT2D eigenvalue weighted by atomic mass is 16.6. The maximum absolute atomic E-state index is 6.73. The summed E-state index contributed by atoms with van der Waals surface area (Å²) < 4.78 is 20.1. The number of rotatable bonds is 9. The Bertz CT molecular complexity index is 1700. The predicted octanol–water partition coefficient (Wildman–Crippen LogP) is 9.76. The summed E-state index contributed by atoms with van der Waals surface area (Å²) in [6.45, 7) is 12.6. The van der Waals surface area contributed by atoms with Crippen LogP contribution in [0.1, 0.15) is 68.5 Å². The van der Waals surface area contributed by atoms with Crippen LogP contribution in [-0.4, -0.2) is 11.7 Å². The summed E-state index contributed by atoms with van der Waals surface area (Å²) in [6.07, 6.45) is -0.646. The Kier molecular flexibility index (Phi) is 8.48. The van der Waals surface area contributed by atoms with Crippen molar-refractivity contribution >= 4 is 16.5 Å². The summed E-state index contributed by atoms with van der Waals surface area (Å²) in [5, 5.41) is 6.05. The van der Waals surface area contributed by atoms with E-state index >= 15 is 0 Å². The molecule has 0 radical (unpaired) electrons. The first kappa shape index (κ1) is 29.9. The molecule has 0 saturated carbocycles.